The summed E-state index contributed by atoms with van der Waals surface area (Å²) in [6, 6.07) is 0. The Morgan fingerprint density at radius 3 is 2.62 bits per heavy atom. The van der Waals surface area contributed by atoms with Crippen LogP contribution in [0.25, 0.3) is 0 Å². The number of carbonyl (C=O) groups excluding carboxylic acids is 1. The average Bonchev–Trinajstić information content (AvgIpc) is 2.26. The maximum atomic E-state index is 12.8. The number of hydrogen-bond donors (Lipinski definition) is 0. The highest BCUT2D eigenvalue weighted by molar-refractivity contribution is 5.73. The molecule has 4 heteroatoms. The summed E-state index contributed by atoms with van der Waals surface area (Å²) in [5.74, 6) is 5.98. The first-order chi connectivity index (χ1) is 7.59. The van der Waals surface area contributed by atoms with Crippen LogP contribution in [-0.2, 0) is 4.79 Å². The minimum atomic E-state index is -0.631. The molecular formula is C12H19FN2O. The van der Waals surface area contributed by atoms with Crippen molar-refractivity contribution in [2.24, 2.45) is 0 Å². The topological polar surface area (TPSA) is 23.6 Å². The normalized spacial score (nSPS) is 17.7. The summed E-state index contributed by atoms with van der Waals surface area (Å²) in [6.07, 6.45) is 0.609. The molecule has 0 bridgehead atoms. The smallest absolute Gasteiger partial charge is 0.219 e. The van der Waals surface area contributed by atoms with Crippen LogP contribution in [0.4, 0.5) is 4.39 Å². The van der Waals surface area contributed by atoms with Crippen LogP contribution in [0.2, 0.25) is 0 Å². The van der Waals surface area contributed by atoms with Gasteiger partial charge in [0.15, 0.2) is 0 Å². The molecule has 0 radical (unpaired) electrons. The fourth-order valence-corrected chi connectivity index (χ4v) is 1.51. The summed E-state index contributed by atoms with van der Waals surface area (Å²) < 4.78 is 12.8. The third kappa shape index (κ3) is 4.63. The van der Waals surface area contributed by atoms with Gasteiger partial charge in [0.1, 0.15) is 6.17 Å². The van der Waals surface area contributed by atoms with Gasteiger partial charge in [-0.2, -0.15) is 0 Å². The highest BCUT2D eigenvalue weighted by Gasteiger charge is 2.16. The number of carbonyl (C=O) groups is 1. The molecule has 1 saturated heterocycles. The molecule has 1 aliphatic rings. The molecule has 1 fully saturated rings. The zero-order valence-corrected chi connectivity index (χ0v) is 10.0. The Bertz CT molecular complexity index is 287. The van der Waals surface area contributed by atoms with Gasteiger partial charge in [0.2, 0.25) is 5.91 Å². The van der Waals surface area contributed by atoms with Gasteiger partial charge in [-0.3, -0.25) is 9.69 Å². The van der Waals surface area contributed by atoms with Gasteiger partial charge in [0.25, 0.3) is 0 Å². The minimum Gasteiger partial charge on any atom is -0.335 e. The lowest BCUT2D eigenvalue weighted by atomic mass is 10.1. The molecule has 0 aromatic heterocycles. The van der Waals surface area contributed by atoms with E-state index in [2.05, 4.69) is 16.7 Å². The molecule has 0 spiro atoms. The van der Waals surface area contributed by atoms with Crippen LogP contribution in [0.5, 0.6) is 0 Å². The molecule has 1 rings (SSSR count). The van der Waals surface area contributed by atoms with Crippen LogP contribution in [0.3, 0.4) is 0 Å². The van der Waals surface area contributed by atoms with Gasteiger partial charge >= 0.3 is 0 Å². The van der Waals surface area contributed by atoms with Crippen LogP contribution in [0.1, 0.15) is 19.8 Å². The van der Waals surface area contributed by atoms with Crippen molar-refractivity contribution in [2.75, 3.05) is 33.2 Å². The molecule has 1 aliphatic heterocycles. The summed E-state index contributed by atoms with van der Waals surface area (Å²) in [7, 11) is 1.73. The predicted molar refractivity (Wildman–Crippen MR) is 61.7 cm³/mol. The van der Waals surface area contributed by atoms with Gasteiger partial charge in [-0.1, -0.05) is 11.8 Å². The molecule has 1 amide bonds. The van der Waals surface area contributed by atoms with Crippen molar-refractivity contribution < 1.29 is 9.18 Å². The lowest BCUT2D eigenvalue weighted by Crippen LogP contribution is -2.34. The molecule has 0 aromatic carbocycles. The summed E-state index contributed by atoms with van der Waals surface area (Å²) >= 11 is 0. The van der Waals surface area contributed by atoms with Crippen molar-refractivity contribution in [3.63, 3.8) is 0 Å². The van der Waals surface area contributed by atoms with E-state index in [1.54, 1.807) is 11.9 Å². The van der Waals surface area contributed by atoms with Gasteiger partial charge in [0, 0.05) is 27.1 Å². The van der Waals surface area contributed by atoms with E-state index in [4.69, 9.17) is 0 Å². The third-order valence-electron chi connectivity index (χ3n) is 2.80. The monoisotopic (exact) mass is 226 g/mol. The van der Waals surface area contributed by atoms with Gasteiger partial charge in [-0.25, -0.2) is 4.39 Å². The standard InChI is InChI=1S/C12H19FN2O/c1-11(16)14(2)7-3-4-8-15-9-5-12(13)6-10-15/h12H,5-10H2,1-2H3. The second kappa shape index (κ2) is 6.49. The number of rotatable bonds is 2. The zero-order chi connectivity index (χ0) is 12.0. The van der Waals surface area contributed by atoms with E-state index in [1.807, 2.05) is 0 Å². The summed E-state index contributed by atoms with van der Waals surface area (Å²) in [4.78, 5) is 14.6. The number of amides is 1. The zero-order valence-electron chi connectivity index (χ0n) is 10.0. The summed E-state index contributed by atoms with van der Waals surface area (Å²) in [5.41, 5.74) is 0. The quantitative estimate of drug-likeness (QED) is 0.653. The SMILES string of the molecule is CC(=O)N(C)CC#CCN1CCC(F)CC1. The Labute approximate surface area is 96.6 Å². The Kier molecular flexibility index (Phi) is 5.27. The molecular weight excluding hydrogens is 207 g/mol. The minimum absolute atomic E-state index is 0.0209. The van der Waals surface area contributed by atoms with E-state index in [9.17, 15) is 9.18 Å². The van der Waals surface area contributed by atoms with Gasteiger partial charge < -0.3 is 4.90 Å². The van der Waals surface area contributed by atoms with Crippen LogP contribution in [0, 0.1) is 11.8 Å². The second-order valence-electron chi connectivity index (χ2n) is 4.18. The summed E-state index contributed by atoms with van der Waals surface area (Å²) in [5, 5.41) is 0. The van der Waals surface area contributed by atoms with Crippen LogP contribution < -0.4 is 0 Å². The van der Waals surface area contributed by atoms with Crippen LogP contribution >= 0.6 is 0 Å². The number of halogens is 1. The van der Waals surface area contributed by atoms with Crippen molar-refractivity contribution in [1.82, 2.24) is 9.80 Å². The Balaban J connectivity index is 2.19. The maximum Gasteiger partial charge on any atom is 0.219 e. The van der Waals surface area contributed by atoms with Crippen molar-refractivity contribution >= 4 is 5.91 Å². The van der Waals surface area contributed by atoms with Crippen molar-refractivity contribution in [3.8, 4) is 11.8 Å². The van der Waals surface area contributed by atoms with Gasteiger partial charge in [-0.05, 0) is 12.8 Å². The van der Waals surface area contributed by atoms with E-state index in [0.717, 1.165) is 13.1 Å². The fraction of sp³-hybridized carbons (Fsp3) is 0.750. The molecule has 0 atom stereocenters. The molecule has 0 aromatic rings. The number of likely N-dealkylation sites (tertiary alicyclic amines) is 1. The Morgan fingerprint density at radius 2 is 2.06 bits per heavy atom. The highest BCUT2D eigenvalue weighted by Crippen LogP contribution is 2.12. The lowest BCUT2D eigenvalue weighted by molar-refractivity contribution is -0.126. The average molecular weight is 226 g/mol. The number of alkyl halides is 1. The Hall–Kier alpha value is -1.08. The molecule has 0 N–H and O–H groups in total. The molecule has 3 nitrogen and oxygen atoms in total. The number of hydrogen-bond acceptors (Lipinski definition) is 2. The first-order valence-corrected chi connectivity index (χ1v) is 5.63. The molecule has 16 heavy (non-hydrogen) atoms. The molecule has 90 valence electrons. The summed E-state index contributed by atoms with van der Waals surface area (Å²) in [6.45, 7) is 4.25. The van der Waals surface area contributed by atoms with Gasteiger partial charge in [-0.15, -0.1) is 0 Å². The predicted octanol–water partition coefficient (Wildman–Crippen LogP) is 0.902. The van der Waals surface area contributed by atoms with Gasteiger partial charge in [0.05, 0.1) is 13.1 Å². The molecule has 0 aliphatic carbocycles. The third-order valence-corrected chi connectivity index (χ3v) is 2.80. The van der Waals surface area contributed by atoms with E-state index in [1.165, 1.54) is 6.92 Å². The first-order valence-electron chi connectivity index (χ1n) is 5.63. The second-order valence-corrected chi connectivity index (χ2v) is 4.18. The first kappa shape index (κ1) is 13.0. The highest BCUT2D eigenvalue weighted by atomic mass is 19.1. The fourth-order valence-electron chi connectivity index (χ4n) is 1.51. The van der Waals surface area contributed by atoms with E-state index >= 15 is 0 Å². The van der Waals surface area contributed by atoms with Crippen molar-refractivity contribution in [2.45, 2.75) is 25.9 Å². The van der Waals surface area contributed by atoms with E-state index in [-0.39, 0.29) is 5.91 Å². The number of piperidine rings is 1. The molecule has 0 saturated carbocycles. The number of nitrogens with zero attached hydrogens (tertiary/aromatic N) is 2. The largest absolute Gasteiger partial charge is 0.335 e. The molecule has 1 heterocycles. The van der Waals surface area contributed by atoms with Crippen molar-refractivity contribution in [1.29, 1.82) is 0 Å². The Morgan fingerprint density at radius 1 is 1.44 bits per heavy atom. The molecule has 0 unspecified atom stereocenters. The van der Waals surface area contributed by atoms with E-state index < -0.39 is 6.17 Å². The maximum absolute atomic E-state index is 12.8. The van der Waals surface area contributed by atoms with Crippen molar-refractivity contribution in [3.05, 3.63) is 0 Å². The van der Waals surface area contributed by atoms with Crippen LogP contribution in [0.15, 0.2) is 0 Å². The van der Waals surface area contributed by atoms with E-state index in [0.29, 0.717) is 25.9 Å². The van der Waals surface area contributed by atoms with Crippen LogP contribution in [-0.4, -0.2) is 55.1 Å². The lowest BCUT2D eigenvalue weighted by Gasteiger charge is -2.26.